The van der Waals surface area contributed by atoms with E-state index in [4.69, 9.17) is 0 Å². The van der Waals surface area contributed by atoms with Gasteiger partial charge in [-0.2, -0.15) is 5.10 Å². The number of carbonyl (C=O) groups is 1. The Morgan fingerprint density at radius 2 is 2.04 bits per heavy atom. The van der Waals surface area contributed by atoms with Crippen molar-refractivity contribution in [1.82, 2.24) is 25.3 Å². The first-order valence-electron chi connectivity index (χ1n) is 7.99. The molecule has 1 fully saturated rings. The van der Waals surface area contributed by atoms with E-state index in [-0.39, 0.29) is 29.9 Å². The minimum atomic E-state index is 0. The van der Waals surface area contributed by atoms with Gasteiger partial charge < -0.3 is 15.5 Å². The van der Waals surface area contributed by atoms with E-state index in [1.807, 2.05) is 21.8 Å². The molecule has 2 rings (SSSR count). The van der Waals surface area contributed by atoms with Crippen molar-refractivity contribution in [2.45, 2.75) is 32.2 Å². The van der Waals surface area contributed by atoms with Crippen molar-refractivity contribution < 1.29 is 4.79 Å². The Hall–Kier alpha value is -1.32. The second-order valence-electron chi connectivity index (χ2n) is 5.42. The molecule has 23 heavy (non-hydrogen) atoms. The fourth-order valence-corrected chi connectivity index (χ4v) is 2.52. The number of amides is 1. The Morgan fingerprint density at radius 3 is 2.70 bits per heavy atom. The summed E-state index contributed by atoms with van der Waals surface area (Å²) in [5.74, 6) is 0.824. The molecule has 1 aliphatic rings. The van der Waals surface area contributed by atoms with Crippen molar-refractivity contribution in [1.29, 1.82) is 0 Å². The van der Waals surface area contributed by atoms with Crippen molar-refractivity contribution in [3.63, 3.8) is 0 Å². The summed E-state index contributed by atoms with van der Waals surface area (Å²) in [5.41, 5.74) is 0. The average Bonchev–Trinajstić information content (AvgIpc) is 3.08. The maximum Gasteiger partial charge on any atom is 0.241 e. The van der Waals surface area contributed by atoms with E-state index >= 15 is 0 Å². The third-order valence-electron chi connectivity index (χ3n) is 3.76. The number of halogens is 1. The standard InChI is InChI=1S/C15H26N6O.HI/c1-16-15(17-7-5-11-21-12-6-8-19-21)18-13-14(22)20-9-3-2-4-10-20;/h6,8,12H,2-5,7,9-11,13H2,1H3,(H2,16,17,18);1H. The summed E-state index contributed by atoms with van der Waals surface area (Å²) in [6, 6.07) is 1.92. The number of aromatic nitrogens is 2. The van der Waals surface area contributed by atoms with Gasteiger partial charge in [-0.1, -0.05) is 0 Å². The third-order valence-corrected chi connectivity index (χ3v) is 3.76. The summed E-state index contributed by atoms with van der Waals surface area (Å²) in [4.78, 5) is 18.1. The lowest BCUT2D eigenvalue weighted by molar-refractivity contribution is -0.130. The Morgan fingerprint density at radius 1 is 1.26 bits per heavy atom. The van der Waals surface area contributed by atoms with Crippen LogP contribution in [0.3, 0.4) is 0 Å². The quantitative estimate of drug-likeness (QED) is 0.304. The highest BCUT2D eigenvalue weighted by Crippen LogP contribution is 2.08. The summed E-state index contributed by atoms with van der Waals surface area (Å²) in [5, 5.41) is 10.5. The summed E-state index contributed by atoms with van der Waals surface area (Å²) in [7, 11) is 1.72. The van der Waals surface area contributed by atoms with Crippen LogP contribution in [0.2, 0.25) is 0 Å². The van der Waals surface area contributed by atoms with Gasteiger partial charge in [-0.15, -0.1) is 24.0 Å². The maximum atomic E-state index is 12.1. The molecule has 1 aromatic heterocycles. The molecule has 7 nitrogen and oxygen atoms in total. The molecule has 2 heterocycles. The maximum absolute atomic E-state index is 12.1. The van der Waals surface area contributed by atoms with Crippen LogP contribution in [0.15, 0.2) is 23.5 Å². The molecule has 0 atom stereocenters. The lowest BCUT2D eigenvalue weighted by Gasteiger charge is -2.27. The molecule has 1 saturated heterocycles. The van der Waals surface area contributed by atoms with Gasteiger partial charge >= 0.3 is 0 Å². The Kier molecular flexibility index (Phi) is 9.65. The summed E-state index contributed by atoms with van der Waals surface area (Å²) >= 11 is 0. The minimum absolute atomic E-state index is 0. The number of carbonyl (C=O) groups excluding carboxylic acids is 1. The first-order valence-corrected chi connectivity index (χ1v) is 7.99. The fourth-order valence-electron chi connectivity index (χ4n) is 2.52. The molecule has 0 aromatic carbocycles. The molecular weight excluding hydrogens is 407 g/mol. The number of nitrogens with zero attached hydrogens (tertiary/aromatic N) is 4. The molecule has 1 amide bonds. The van der Waals surface area contributed by atoms with Crippen LogP contribution in [0, 0.1) is 0 Å². The van der Waals surface area contributed by atoms with Crippen molar-refractivity contribution in [2.75, 3.05) is 33.2 Å². The summed E-state index contributed by atoms with van der Waals surface area (Å²) in [6.07, 6.45) is 8.14. The predicted molar refractivity (Wildman–Crippen MR) is 102 cm³/mol. The van der Waals surface area contributed by atoms with Crippen LogP contribution in [0.25, 0.3) is 0 Å². The van der Waals surface area contributed by atoms with Gasteiger partial charge in [0.1, 0.15) is 0 Å². The second-order valence-corrected chi connectivity index (χ2v) is 5.42. The first-order chi connectivity index (χ1) is 10.8. The number of guanidine groups is 1. The van der Waals surface area contributed by atoms with Crippen molar-refractivity contribution >= 4 is 35.8 Å². The molecule has 1 aliphatic heterocycles. The fraction of sp³-hybridized carbons (Fsp3) is 0.667. The Labute approximate surface area is 154 Å². The van der Waals surface area contributed by atoms with Crippen LogP contribution < -0.4 is 10.6 Å². The number of hydrogen-bond donors (Lipinski definition) is 2. The zero-order valence-electron chi connectivity index (χ0n) is 13.7. The van der Waals surface area contributed by atoms with Gasteiger partial charge in [0.05, 0.1) is 6.54 Å². The topological polar surface area (TPSA) is 74.5 Å². The number of aliphatic imine (C=N–C) groups is 1. The van der Waals surface area contributed by atoms with Crippen LogP contribution >= 0.6 is 24.0 Å². The smallest absolute Gasteiger partial charge is 0.241 e. The van der Waals surface area contributed by atoms with Gasteiger partial charge in [0.2, 0.25) is 5.91 Å². The van der Waals surface area contributed by atoms with Gasteiger partial charge in [0.25, 0.3) is 0 Å². The molecule has 0 unspecified atom stereocenters. The van der Waals surface area contributed by atoms with E-state index in [1.54, 1.807) is 13.2 Å². The number of nitrogens with one attached hydrogen (secondary N) is 2. The number of hydrogen-bond acceptors (Lipinski definition) is 3. The molecule has 2 N–H and O–H groups in total. The van der Waals surface area contributed by atoms with E-state index < -0.39 is 0 Å². The van der Waals surface area contributed by atoms with E-state index in [0.717, 1.165) is 45.4 Å². The number of piperidine rings is 1. The lowest BCUT2D eigenvalue weighted by atomic mass is 10.1. The molecule has 0 aliphatic carbocycles. The number of likely N-dealkylation sites (tertiary alicyclic amines) is 1. The van der Waals surface area contributed by atoms with E-state index in [0.29, 0.717) is 12.5 Å². The second kappa shape index (κ2) is 11.3. The number of aryl methyl sites for hydroxylation is 1. The SMILES string of the molecule is CN=C(NCCCn1cccn1)NCC(=O)N1CCCCC1.I. The monoisotopic (exact) mass is 434 g/mol. The van der Waals surface area contributed by atoms with Crippen molar-refractivity contribution in [3.8, 4) is 0 Å². The minimum Gasteiger partial charge on any atom is -0.356 e. The van der Waals surface area contributed by atoms with Crippen LogP contribution in [0.1, 0.15) is 25.7 Å². The Bertz CT molecular complexity index is 470. The molecule has 8 heteroatoms. The number of rotatable bonds is 6. The molecule has 1 aromatic rings. The van der Waals surface area contributed by atoms with E-state index in [2.05, 4.69) is 20.7 Å². The van der Waals surface area contributed by atoms with E-state index in [1.165, 1.54) is 6.42 Å². The molecule has 0 radical (unpaired) electrons. The van der Waals surface area contributed by atoms with Crippen LogP contribution in [0.5, 0.6) is 0 Å². The first kappa shape index (κ1) is 19.7. The summed E-state index contributed by atoms with van der Waals surface area (Å²) < 4.78 is 1.90. The van der Waals surface area contributed by atoms with Crippen molar-refractivity contribution in [3.05, 3.63) is 18.5 Å². The van der Waals surface area contributed by atoms with Crippen LogP contribution in [-0.2, 0) is 11.3 Å². The highest BCUT2D eigenvalue weighted by molar-refractivity contribution is 14.0. The zero-order chi connectivity index (χ0) is 15.6. The van der Waals surface area contributed by atoms with Gasteiger partial charge in [-0.25, -0.2) is 0 Å². The van der Waals surface area contributed by atoms with Gasteiger partial charge in [-0.3, -0.25) is 14.5 Å². The Balaban J connectivity index is 0.00000264. The van der Waals surface area contributed by atoms with E-state index in [9.17, 15) is 4.79 Å². The molecule has 0 spiro atoms. The normalized spacial score (nSPS) is 15.0. The van der Waals surface area contributed by atoms with Gasteiger partial charge in [0.15, 0.2) is 5.96 Å². The molecule has 130 valence electrons. The van der Waals surface area contributed by atoms with Gasteiger partial charge in [-0.05, 0) is 31.7 Å². The van der Waals surface area contributed by atoms with Crippen LogP contribution in [0.4, 0.5) is 0 Å². The predicted octanol–water partition coefficient (Wildman–Crippen LogP) is 1.07. The zero-order valence-corrected chi connectivity index (χ0v) is 16.0. The molecular formula is C15H27IN6O. The van der Waals surface area contributed by atoms with Crippen LogP contribution in [-0.4, -0.2) is 59.8 Å². The van der Waals surface area contributed by atoms with Gasteiger partial charge in [0, 0.05) is 45.6 Å². The average molecular weight is 434 g/mol. The molecule has 0 saturated carbocycles. The highest BCUT2D eigenvalue weighted by Gasteiger charge is 2.16. The largest absolute Gasteiger partial charge is 0.356 e. The summed E-state index contributed by atoms with van der Waals surface area (Å²) in [6.45, 7) is 3.73. The third kappa shape index (κ3) is 7.19. The lowest BCUT2D eigenvalue weighted by Crippen LogP contribution is -2.46. The molecule has 0 bridgehead atoms. The highest BCUT2D eigenvalue weighted by atomic mass is 127. The van der Waals surface area contributed by atoms with Crippen molar-refractivity contribution in [2.24, 2.45) is 4.99 Å².